The zero-order valence-electron chi connectivity index (χ0n) is 14.4. The minimum Gasteiger partial charge on any atom is -0.439 e. The van der Waals surface area contributed by atoms with Crippen LogP contribution < -0.4 is 5.32 Å². The lowest BCUT2D eigenvalue weighted by Crippen LogP contribution is -2.20. The average molecular weight is 377 g/mol. The summed E-state index contributed by atoms with van der Waals surface area (Å²) in [4.78, 5) is 20.1. The van der Waals surface area contributed by atoms with Gasteiger partial charge >= 0.3 is 6.09 Å². The van der Waals surface area contributed by atoms with Crippen LogP contribution in [0.2, 0.25) is 0 Å². The van der Waals surface area contributed by atoms with Gasteiger partial charge in [-0.15, -0.1) is 0 Å². The lowest BCUT2D eigenvalue weighted by molar-refractivity contribution is 0.132. The average Bonchev–Trinajstić information content (AvgIpc) is 3.11. The Labute approximate surface area is 159 Å². The van der Waals surface area contributed by atoms with Gasteiger partial charge in [-0.05, 0) is 47.4 Å². The summed E-state index contributed by atoms with van der Waals surface area (Å²) in [5.41, 5.74) is 2.21. The molecule has 0 radical (unpaired) electrons. The zero-order valence-corrected chi connectivity index (χ0v) is 14.4. The molecule has 1 aromatic carbocycles. The molecule has 3 aromatic rings. The van der Waals surface area contributed by atoms with E-state index in [4.69, 9.17) is 4.74 Å². The molecular weight excluding hydrogens is 364 g/mol. The van der Waals surface area contributed by atoms with E-state index in [-0.39, 0.29) is 0 Å². The van der Waals surface area contributed by atoms with Crippen molar-refractivity contribution in [1.82, 2.24) is 15.3 Å². The molecule has 0 aliphatic carbocycles. The van der Waals surface area contributed by atoms with E-state index in [0.717, 1.165) is 12.1 Å². The van der Waals surface area contributed by atoms with Crippen molar-refractivity contribution in [3.8, 4) is 11.8 Å². The number of hydrogen-bond donors (Lipinski definition) is 1. The SMILES string of the molecule is O=C1NC(c2cncc(C#Cc3ccccn3)c2)C(c2ccc(F)c(F)c2)O1. The van der Waals surface area contributed by atoms with Crippen molar-refractivity contribution in [3.05, 3.63) is 95.1 Å². The Bertz CT molecular complexity index is 1090. The second-order valence-electron chi connectivity index (χ2n) is 6.09. The smallest absolute Gasteiger partial charge is 0.408 e. The second-order valence-corrected chi connectivity index (χ2v) is 6.09. The zero-order chi connectivity index (χ0) is 19.5. The number of pyridine rings is 2. The summed E-state index contributed by atoms with van der Waals surface area (Å²) in [5, 5.41) is 2.68. The molecule has 1 aliphatic heterocycles. The quantitative estimate of drug-likeness (QED) is 0.692. The van der Waals surface area contributed by atoms with Crippen molar-refractivity contribution in [3.63, 3.8) is 0 Å². The fourth-order valence-electron chi connectivity index (χ4n) is 2.90. The monoisotopic (exact) mass is 377 g/mol. The first kappa shape index (κ1) is 17.6. The maximum Gasteiger partial charge on any atom is 0.408 e. The van der Waals surface area contributed by atoms with Crippen molar-refractivity contribution in [2.24, 2.45) is 0 Å². The summed E-state index contributed by atoms with van der Waals surface area (Å²) in [6, 6.07) is 9.98. The normalized spacial score (nSPS) is 18.0. The molecule has 5 nitrogen and oxygen atoms in total. The van der Waals surface area contributed by atoms with Crippen LogP contribution in [0.25, 0.3) is 0 Å². The van der Waals surface area contributed by atoms with E-state index < -0.39 is 29.9 Å². The molecular formula is C21H13F2N3O2. The van der Waals surface area contributed by atoms with Gasteiger partial charge in [-0.2, -0.15) is 0 Å². The number of alkyl carbamates (subject to hydrolysis) is 1. The minimum atomic E-state index is -1.01. The van der Waals surface area contributed by atoms with Gasteiger partial charge in [0.1, 0.15) is 11.7 Å². The van der Waals surface area contributed by atoms with Crippen molar-refractivity contribution in [2.45, 2.75) is 12.1 Å². The number of carbonyl (C=O) groups excluding carboxylic acids is 1. The van der Waals surface area contributed by atoms with E-state index in [1.807, 2.05) is 6.07 Å². The number of benzene rings is 1. The highest BCUT2D eigenvalue weighted by Gasteiger charge is 2.37. The number of amides is 1. The number of hydrogen-bond acceptors (Lipinski definition) is 4. The second kappa shape index (κ2) is 7.45. The molecule has 4 rings (SSSR count). The number of cyclic esters (lactones) is 1. The molecule has 0 spiro atoms. The maximum atomic E-state index is 13.6. The first-order valence-corrected chi connectivity index (χ1v) is 8.40. The molecule has 2 atom stereocenters. The van der Waals surface area contributed by atoms with Crippen LogP contribution in [-0.4, -0.2) is 16.1 Å². The molecule has 1 aliphatic rings. The molecule has 0 bridgehead atoms. The fourth-order valence-corrected chi connectivity index (χ4v) is 2.90. The van der Waals surface area contributed by atoms with Crippen LogP contribution in [0.1, 0.15) is 34.5 Å². The molecule has 1 saturated heterocycles. The van der Waals surface area contributed by atoms with Gasteiger partial charge < -0.3 is 10.1 Å². The van der Waals surface area contributed by atoms with E-state index in [1.165, 1.54) is 6.07 Å². The van der Waals surface area contributed by atoms with Crippen LogP contribution in [0.3, 0.4) is 0 Å². The van der Waals surface area contributed by atoms with E-state index in [2.05, 4.69) is 27.1 Å². The molecule has 1 amide bonds. The third kappa shape index (κ3) is 3.67. The first-order valence-electron chi connectivity index (χ1n) is 8.40. The Balaban J connectivity index is 1.64. The van der Waals surface area contributed by atoms with E-state index in [0.29, 0.717) is 22.4 Å². The third-order valence-corrected chi connectivity index (χ3v) is 4.20. The number of rotatable bonds is 2. The van der Waals surface area contributed by atoms with Gasteiger partial charge in [-0.3, -0.25) is 4.98 Å². The molecule has 138 valence electrons. The van der Waals surface area contributed by atoms with Gasteiger partial charge in [-0.25, -0.2) is 18.6 Å². The van der Waals surface area contributed by atoms with Crippen LogP contribution in [-0.2, 0) is 4.74 Å². The Morgan fingerprint density at radius 3 is 2.68 bits per heavy atom. The lowest BCUT2D eigenvalue weighted by atomic mass is 9.96. The van der Waals surface area contributed by atoms with Gasteiger partial charge in [0.15, 0.2) is 17.7 Å². The highest BCUT2D eigenvalue weighted by molar-refractivity contribution is 5.71. The number of nitrogens with zero attached hydrogens (tertiary/aromatic N) is 2. The summed E-state index contributed by atoms with van der Waals surface area (Å²) < 4.78 is 32.1. The Morgan fingerprint density at radius 1 is 1.00 bits per heavy atom. The molecule has 3 heterocycles. The molecule has 0 saturated carbocycles. The molecule has 7 heteroatoms. The topological polar surface area (TPSA) is 64.1 Å². The lowest BCUT2D eigenvalue weighted by Gasteiger charge is -2.17. The Kier molecular flexibility index (Phi) is 4.68. The highest BCUT2D eigenvalue weighted by atomic mass is 19.2. The van der Waals surface area contributed by atoms with Gasteiger partial charge in [-0.1, -0.05) is 18.1 Å². The Hall–Kier alpha value is -3.79. The molecule has 1 N–H and O–H groups in total. The highest BCUT2D eigenvalue weighted by Crippen LogP contribution is 2.37. The third-order valence-electron chi connectivity index (χ3n) is 4.20. The van der Waals surface area contributed by atoms with E-state index >= 15 is 0 Å². The maximum absolute atomic E-state index is 13.6. The van der Waals surface area contributed by atoms with Crippen LogP contribution in [0.5, 0.6) is 0 Å². The van der Waals surface area contributed by atoms with E-state index in [1.54, 1.807) is 36.8 Å². The largest absolute Gasteiger partial charge is 0.439 e. The van der Waals surface area contributed by atoms with Crippen LogP contribution in [0.15, 0.2) is 61.1 Å². The minimum absolute atomic E-state index is 0.340. The fraction of sp³-hybridized carbons (Fsp3) is 0.0952. The molecule has 28 heavy (non-hydrogen) atoms. The summed E-state index contributed by atoms with van der Waals surface area (Å²) in [5.74, 6) is 3.93. The van der Waals surface area contributed by atoms with Gasteiger partial charge in [0.05, 0.1) is 0 Å². The van der Waals surface area contributed by atoms with E-state index in [9.17, 15) is 13.6 Å². The number of nitrogens with one attached hydrogen (secondary N) is 1. The standard InChI is InChI=1S/C21H13F2N3O2/c22-17-7-5-14(10-18(17)23)20-19(26-21(27)28-20)15-9-13(11-24-12-15)4-6-16-3-1-2-8-25-16/h1-3,5,7-12,19-20H,(H,26,27). The van der Waals surface area contributed by atoms with Crippen molar-refractivity contribution >= 4 is 6.09 Å². The van der Waals surface area contributed by atoms with Gasteiger partial charge in [0.2, 0.25) is 0 Å². The Morgan fingerprint density at radius 2 is 1.89 bits per heavy atom. The summed E-state index contributed by atoms with van der Waals surface area (Å²) in [6.45, 7) is 0. The number of aromatic nitrogens is 2. The summed E-state index contributed by atoms with van der Waals surface area (Å²) in [6.07, 6.45) is 3.34. The van der Waals surface area contributed by atoms with Crippen molar-refractivity contribution in [2.75, 3.05) is 0 Å². The van der Waals surface area contributed by atoms with Gasteiger partial charge in [0, 0.05) is 24.2 Å². The van der Waals surface area contributed by atoms with Crippen molar-refractivity contribution < 1.29 is 18.3 Å². The number of carbonyl (C=O) groups is 1. The predicted molar refractivity (Wildman–Crippen MR) is 95.9 cm³/mol. The first-order chi connectivity index (χ1) is 13.6. The van der Waals surface area contributed by atoms with Crippen LogP contribution >= 0.6 is 0 Å². The van der Waals surface area contributed by atoms with Crippen LogP contribution in [0, 0.1) is 23.5 Å². The van der Waals surface area contributed by atoms with Gasteiger partial charge in [0.25, 0.3) is 0 Å². The van der Waals surface area contributed by atoms with Crippen molar-refractivity contribution in [1.29, 1.82) is 0 Å². The predicted octanol–water partition coefficient (Wildman–Crippen LogP) is 3.68. The van der Waals surface area contributed by atoms with Crippen LogP contribution in [0.4, 0.5) is 13.6 Å². The summed E-state index contributed by atoms with van der Waals surface area (Å²) >= 11 is 0. The number of ether oxygens (including phenoxy) is 1. The molecule has 2 aromatic heterocycles. The molecule has 1 fully saturated rings. The summed E-state index contributed by atoms with van der Waals surface area (Å²) in [7, 11) is 0. The number of halogens is 2. The molecule has 2 unspecified atom stereocenters.